The van der Waals surface area contributed by atoms with E-state index in [-0.39, 0.29) is 5.41 Å². The summed E-state index contributed by atoms with van der Waals surface area (Å²) in [6.45, 7) is 6.40. The molecule has 2 aromatic rings. The molecular weight excluding hydrogens is 252 g/mol. The van der Waals surface area contributed by atoms with Gasteiger partial charge in [-0.2, -0.15) is 0 Å². The second-order valence-corrected chi connectivity index (χ2v) is 5.61. The highest BCUT2D eigenvalue weighted by atomic mass is 16.5. The molecule has 0 amide bonds. The van der Waals surface area contributed by atoms with Gasteiger partial charge >= 0.3 is 0 Å². The smallest absolute Gasteiger partial charge is 0.161 e. The Morgan fingerprint density at radius 2 is 1.60 bits per heavy atom. The number of benzene rings is 1. The fourth-order valence-electron chi connectivity index (χ4n) is 1.92. The van der Waals surface area contributed by atoms with Crippen LogP contribution in [-0.4, -0.2) is 24.2 Å². The monoisotopic (exact) mass is 272 g/mol. The third-order valence-corrected chi connectivity index (χ3v) is 3.11. The number of hydrogen-bond acceptors (Lipinski definition) is 4. The van der Waals surface area contributed by atoms with Gasteiger partial charge in [0.15, 0.2) is 11.5 Å². The van der Waals surface area contributed by atoms with Gasteiger partial charge < -0.3 is 9.47 Å². The van der Waals surface area contributed by atoms with Crippen molar-refractivity contribution in [3.8, 4) is 22.8 Å². The van der Waals surface area contributed by atoms with E-state index in [9.17, 15) is 0 Å². The number of ether oxygens (including phenoxy) is 2. The van der Waals surface area contributed by atoms with E-state index >= 15 is 0 Å². The molecule has 0 atom stereocenters. The summed E-state index contributed by atoms with van der Waals surface area (Å²) in [6, 6.07) is 7.79. The highest BCUT2D eigenvalue weighted by molar-refractivity contribution is 5.64. The Hall–Kier alpha value is -2.10. The molecule has 0 saturated heterocycles. The quantitative estimate of drug-likeness (QED) is 0.858. The van der Waals surface area contributed by atoms with E-state index in [1.54, 1.807) is 20.5 Å². The fourth-order valence-corrected chi connectivity index (χ4v) is 1.92. The maximum Gasteiger partial charge on any atom is 0.161 e. The lowest BCUT2D eigenvalue weighted by Gasteiger charge is -2.18. The van der Waals surface area contributed by atoms with Crippen molar-refractivity contribution in [2.45, 2.75) is 26.2 Å². The Labute approximate surface area is 119 Å². The maximum atomic E-state index is 5.33. The summed E-state index contributed by atoms with van der Waals surface area (Å²) < 4.78 is 10.6. The zero-order chi connectivity index (χ0) is 14.8. The van der Waals surface area contributed by atoms with Crippen LogP contribution in [0.3, 0.4) is 0 Å². The topological polar surface area (TPSA) is 44.2 Å². The first-order valence-corrected chi connectivity index (χ1v) is 6.50. The zero-order valence-electron chi connectivity index (χ0n) is 12.6. The third kappa shape index (κ3) is 2.90. The van der Waals surface area contributed by atoms with Gasteiger partial charge in [-0.3, -0.25) is 0 Å². The molecule has 1 heterocycles. The van der Waals surface area contributed by atoms with Crippen LogP contribution < -0.4 is 9.47 Å². The van der Waals surface area contributed by atoms with Crippen LogP contribution in [0.2, 0.25) is 0 Å². The van der Waals surface area contributed by atoms with Crippen LogP contribution in [0, 0.1) is 0 Å². The van der Waals surface area contributed by atoms with Gasteiger partial charge in [0, 0.05) is 16.7 Å². The van der Waals surface area contributed by atoms with E-state index in [4.69, 9.17) is 9.47 Å². The number of nitrogens with zero attached hydrogens (tertiary/aromatic N) is 2. The first-order chi connectivity index (χ1) is 9.45. The highest BCUT2D eigenvalue weighted by Gasteiger charge is 2.16. The molecule has 0 spiro atoms. The lowest BCUT2D eigenvalue weighted by atomic mass is 9.91. The summed E-state index contributed by atoms with van der Waals surface area (Å²) in [5.41, 5.74) is 2.87. The molecule has 4 heteroatoms. The predicted octanol–water partition coefficient (Wildman–Crippen LogP) is 3.46. The van der Waals surface area contributed by atoms with E-state index in [1.807, 2.05) is 24.3 Å². The molecule has 106 valence electrons. The normalized spacial score (nSPS) is 11.2. The first-order valence-electron chi connectivity index (χ1n) is 6.50. The van der Waals surface area contributed by atoms with Crippen molar-refractivity contribution >= 4 is 0 Å². The summed E-state index contributed by atoms with van der Waals surface area (Å²) in [4.78, 5) is 8.69. The van der Waals surface area contributed by atoms with Crippen LogP contribution >= 0.6 is 0 Å². The van der Waals surface area contributed by atoms with E-state index in [2.05, 4.69) is 30.7 Å². The van der Waals surface area contributed by atoms with Gasteiger partial charge in [-0.25, -0.2) is 9.97 Å². The number of hydrogen-bond donors (Lipinski definition) is 0. The molecule has 0 fully saturated rings. The Morgan fingerprint density at radius 3 is 2.20 bits per heavy atom. The van der Waals surface area contributed by atoms with Crippen LogP contribution in [0.4, 0.5) is 0 Å². The molecule has 4 nitrogen and oxygen atoms in total. The maximum absolute atomic E-state index is 5.33. The summed E-state index contributed by atoms with van der Waals surface area (Å²) in [5, 5.41) is 0. The molecule has 0 saturated carbocycles. The molecule has 20 heavy (non-hydrogen) atoms. The van der Waals surface area contributed by atoms with Crippen molar-refractivity contribution in [2.24, 2.45) is 0 Å². The summed E-state index contributed by atoms with van der Waals surface area (Å²) in [6.07, 6.45) is 1.60. The SMILES string of the molecule is COc1ccc(-c2cc(C(C)(C)C)ncn2)cc1OC. The Morgan fingerprint density at radius 1 is 0.900 bits per heavy atom. The van der Waals surface area contributed by atoms with Crippen molar-refractivity contribution in [2.75, 3.05) is 14.2 Å². The summed E-state index contributed by atoms with van der Waals surface area (Å²) in [5.74, 6) is 1.40. The van der Waals surface area contributed by atoms with Gasteiger partial charge in [-0.05, 0) is 24.3 Å². The van der Waals surface area contributed by atoms with Gasteiger partial charge in [0.25, 0.3) is 0 Å². The van der Waals surface area contributed by atoms with Crippen LogP contribution in [0.15, 0.2) is 30.6 Å². The van der Waals surface area contributed by atoms with E-state index in [0.29, 0.717) is 11.5 Å². The Balaban J connectivity index is 2.46. The predicted molar refractivity (Wildman–Crippen MR) is 79.3 cm³/mol. The van der Waals surface area contributed by atoms with E-state index in [0.717, 1.165) is 17.0 Å². The van der Waals surface area contributed by atoms with Gasteiger partial charge in [-0.1, -0.05) is 20.8 Å². The van der Waals surface area contributed by atoms with Crippen LogP contribution in [0.5, 0.6) is 11.5 Å². The second kappa shape index (κ2) is 5.49. The van der Waals surface area contributed by atoms with E-state index < -0.39 is 0 Å². The minimum absolute atomic E-state index is 0.00571. The molecule has 0 bridgehead atoms. The number of methoxy groups -OCH3 is 2. The third-order valence-electron chi connectivity index (χ3n) is 3.11. The van der Waals surface area contributed by atoms with Gasteiger partial charge in [-0.15, -0.1) is 0 Å². The van der Waals surface area contributed by atoms with Crippen molar-refractivity contribution in [1.82, 2.24) is 9.97 Å². The molecule has 0 unspecified atom stereocenters. The van der Waals surface area contributed by atoms with Crippen LogP contribution in [-0.2, 0) is 5.41 Å². The second-order valence-electron chi connectivity index (χ2n) is 5.61. The summed E-state index contributed by atoms with van der Waals surface area (Å²) >= 11 is 0. The average molecular weight is 272 g/mol. The molecule has 0 aliphatic carbocycles. The van der Waals surface area contributed by atoms with E-state index in [1.165, 1.54) is 0 Å². The Bertz CT molecular complexity index is 604. The molecule has 0 aliphatic heterocycles. The molecule has 0 radical (unpaired) electrons. The lowest BCUT2D eigenvalue weighted by molar-refractivity contribution is 0.355. The minimum atomic E-state index is -0.00571. The van der Waals surface area contributed by atoms with Crippen molar-refractivity contribution in [3.05, 3.63) is 36.3 Å². The molecule has 0 aliphatic rings. The molecule has 1 aromatic carbocycles. The Kier molecular flexibility index (Phi) is 3.93. The zero-order valence-corrected chi connectivity index (χ0v) is 12.6. The van der Waals surface area contributed by atoms with Crippen molar-refractivity contribution in [3.63, 3.8) is 0 Å². The van der Waals surface area contributed by atoms with Gasteiger partial charge in [0.2, 0.25) is 0 Å². The molecular formula is C16H20N2O2. The average Bonchev–Trinajstić information content (AvgIpc) is 2.45. The first kappa shape index (κ1) is 14.3. The fraction of sp³-hybridized carbons (Fsp3) is 0.375. The lowest BCUT2D eigenvalue weighted by Crippen LogP contribution is -2.13. The molecule has 2 rings (SSSR count). The van der Waals surface area contributed by atoms with Crippen LogP contribution in [0.1, 0.15) is 26.5 Å². The summed E-state index contributed by atoms with van der Waals surface area (Å²) in [7, 11) is 3.25. The van der Waals surface area contributed by atoms with Gasteiger partial charge in [0.1, 0.15) is 6.33 Å². The van der Waals surface area contributed by atoms with Gasteiger partial charge in [0.05, 0.1) is 19.9 Å². The highest BCUT2D eigenvalue weighted by Crippen LogP contribution is 2.32. The largest absolute Gasteiger partial charge is 0.493 e. The van der Waals surface area contributed by atoms with Crippen molar-refractivity contribution < 1.29 is 9.47 Å². The minimum Gasteiger partial charge on any atom is -0.493 e. The molecule has 0 N–H and O–H groups in total. The van der Waals surface area contributed by atoms with Crippen molar-refractivity contribution in [1.29, 1.82) is 0 Å². The number of rotatable bonds is 3. The van der Waals surface area contributed by atoms with Crippen LogP contribution in [0.25, 0.3) is 11.3 Å². The standard InChI is InChI=1S/C16H20N2O2/c1-16(2,3)15-9-12(17-10-18-15)11-6-7-13(19-4)14(8-11)20-5/h6-10H,1-5H3. The molecule has 1 aromatic heterocycles. The number of aromatic nitrogens is 2.